The number of hydrogen-bond acceptors (Lipinski definition) is 5. The average Bonchev–Trinajstić information content (AvgIpc) is 3.29. The smallest absolute Gasteiger partial charge is 0.350 e. The third-order valence-corrected chi connectivity index (χ3v) is 5.01. The molecule has 0 N–H and O–H groups in total. The van der Waals surface area contributed by atoms with Crippen LogP contribution in [0.3, 0.4) is 0 Å². The lowest BCUT2D eigenvalue weighted by molar-refractivity contribution is -0.142. The maximum atomic E-state index is 12.4. The molecule has 2 fully saturated rings. The second-order valence-corrected chi connectivity index (χ2v) is 6.60. The Hall–Kier alpha value is -2.19. The summed E-state index contributed by atoms with van der Waals surface area (Å²) in [6.07, 6.45) is 3.32. The molecule has 2 saturated heterocycles. The van der Waals surface area contributed by atoms with Gasteiger partial charge in [-0.1, -0.05) is 6.07 Å². The Morgan fingerprint density at radius 1 is 1.20 bits per heavy atom. The van der Waals surface area contributed by atoms with Gasteiger partial charge in [0, 0.05) is 45.5 Å². The standard InChI is InChI=1S/C17H23N5O3/c23-16(14-4-3-13-25-14)20-10-7-19(8-11-20)9-12-22-17(24)21-6-2-1-5-15(21)18-22/h1-2,5-6,14H,3-4,7-13H2/t14-/m1/s1. The molecule has 1 amide bonds. The monoisotopic (exact) mass is 345 g/mol. The lowest BCUT2D eigenvalue weighted by Crippen LogP contribution is -2.52. The molecule has 1 atom stereocenters. The summed E-state index contributed by atoms with van der Waals surface area (Å²) in [5.41, 5.74) is 0.558. The van der Waals surface area contributed by atoms with Gasteiger partial charge in [-0.2, -0.15) is 0 Å². The van der Waals surface area contributed by atoms with Gasteiger partial charge in [-0.25, -0.2) is 9.48 Å². The van der Waals surface area contributed by atoms with Crippen LogP contribution in [0.25, 0.3) is 5.65 Å². The zero-order valence-electron chi connectivity index (χ0n) is 14.2. The Morgan fingerprint density at radius 3 is 2.76 bits per heavy atom. The first-order chi connectivity index (χ1) is 12.2. The summed E-state index contributed by atoms with van der Waals surface area (Å²) in [6.45, 7) is 5.09. The number of aromatic nitrogens is 3. The van der Waals surface area contributed by atoms with Crippen molar-refractivity contribution >= 4 is 11.6 Å². The van der Waals surface area contributed by atoms with Crippen LogP contribution in [0.15, 0.2) is 29.2 Å². The minimum atomic E-state index is -0.233. The third kappa shape index (κ3) is 3.32. The van der Waals surface area contributed by atoms with Crippen LogP contribution < -0.4 is 5.69 Å². The molecule has 4 rings (SSSR count). The van der Waals surface area contributed by atoms with E-state index in [9.17, 15) is 9.59 Å². The van der Waals surface area contributed by atoms with Crippen LogP contribution in [0.2, 0.25) is 0 Å². The van der Waals surface area contributed by atoms with Crippen molar-refractivity contribution in [3.05, 3.63) is 34.9 Å². The lowest BCUT2D eigenvalue weighted by atomic mass is 10.2. The Morgan fingerprint density at radius 2 is 2.04 bits per heavy atom. The largest absolute Gasteiger partial charge is 0.368 e. The molecular formula is C17H23N5O3. The highest BCUT2D eigenvalue weighted by Gasteiger charge is 2.30. The van der Waals surface area contributed by atoms with Crippen molar-refractivity contribution in [2.45, 2.75) is 25.5 Å². The number of ether oxygens (including phenoxy) is 1. The minimum absolute atomic E-state index is 0.109. The highest BCUT2D eigenvalue weighted by atomic mass is 16.5. The van der Waals surface area contributed by atoms with Crippen LogP contribution >= 0.6 is 0 Å². The summed E-state index contributed by atoms with van der Waals surface area (Å²) in [7, 11) is 0. The maximum absolute atomic E-state index is 12.4. The quantitative estimate of drug-likeness (QED) is 0.769. The van der Waals surface area contributed by atoms with Gasteiger partial charge in [-0.05, 0) is 25.0 Å². The Bertz CT molecular complexity index is 800. The zero-order chi connectivity index (χ0) is 17.2. The third-order valence-electron chi connectivity index (χ3n) is 5.01. The van der Waals surface area contributed by atoms with E-state index in [1.54, 1.807) is 10.6 Å². The SMILES string of the molecule is O=C([C@H]1CCCO1)N1CCN(CCn2nc3ccccn3c2=O)CC1. The van der Waals surface area contributed by atoms with Crippen LogP contribution in [0.4, 0.5) is 0 Å². The number of hydrogen-bond donors (Lipinski definition) is 0. The molecule has 0 unspecified atom stereocenters. The summed E-state index contributed by atoms with van der Waals surface area (Å²) < 4.78 is 8.56. The molecule has 0 aromatic carbocycles. The van der Waals surface area contributed by atoms with E-state index in [-0.39, 0.29) is 17.7 Å². The molecule has 8 heteroatoms. The molecule has 0 saturated carbocycles. The molecule has 8 nitrogen and oxygen atoms in total. The van der Waals surface area contributed by atoms with E-state index in [1.807, 2.05) is 23.1 Å². The van der Waals surface area contributed by atoms with E-state index < -0.39 is 0 Å². The predicted molar refractivity (Wildman–Crippen MR) is 91.4 cm³/mol. The topological polar surface area (TPSA) is 72.1 Å². The highest BCUT2D eigenvalue weighted by molar-refractivity contribution is 5.81. The van der Waals surface area contributed by atoms with Crippen LogP contribution in [0.5, 0.6) is 0 Å². The van der Waals surface area contributed by atoms with E-state index in [0.717, 1.165) is 45.6 Å². The molecule has 2 aromatic heterocycles. The number of amides is 1. The van der Waals surface area contributed by atoms with E-state index in [4.69, 9.17) is 4.74 Å². The van der Waals surface area contributed by atoms with Gasteiger partial charge in [0.2, 0.25) is 0 Å². The maximum Gasteiger partial charge on any atom is 0.350 e. The van der Waals surface area contributed by atoms with E-state index >= 15 is 0 Å². The minimum Gasteiger partial charge on any atom is -0.368 e. The highest BCUT2D eigenvalue weighted by Crippen LogP contribution is 2.16. The Labute approximate surface area is 145 Å². The van der Waals surface area contributed by atoms with Gasteiger partial charge in [-0.15, -0.1) is 5.10 Å². The molecule has 134 valence electrons. The van der Waals surface area contributed by atoms with Crippen LogP contribution in [0, 0.1) is 0 Å². The number of piperazine rings is 1. The number of fused-ring (bicyclic) bond motifs is 1. The summed E-state index contributed by atoms with van der Waals surface area (Å²) in [6, 6.07) is 5.52. The Kier molecular flexibility index (Phi) is 4.54. The summed E-state index contributed by atoms with van der Waals surface area (Å²) in [4.78, 5) is 28.8. The van der Waals surface area contributed by atoms with Crippen molar-refractivity contribution < 1.29 is 9.53 Å². The second kappa shape index (κ2) is 6.97. The number of pyridine rings is 1. The summed E-state index contributed by atoms with van der Waals surface area (Å²) >= 11 is 0. The van der Waals surface area contributed by atoms with Gasteiger partial charge in [0.25, 0.3) is 5.91 Å². The normalized spacial score (nSPS) is 21.9. The number of carbonyl (C=O) groups is 1. The summed E-state index contributed by atoms with van der Waals surface area (Å²) in [5, 5.41) is 4.35. The van der Waals surface area contributed by atoms with Crippen molar-refractivity contribution in [3.63, 3.8) is 0 Å². The van der Waals surface area contributed by atoms with Crippen molar-refractivity contribution in [1.82, 2.24) is 24.0 Å². The number of nitrogens with zero attached hydrogens (tertiary/aromatic N) is 5. The number of carbonyl (C=O) groups excluding carboxylic acids is 1. The first-order valence-electron chi connectivity index (χ1n) is 8.89. The van der Waals surface area contributed by atoms with Crippen molar-refractivity contribution in [3.8, 4) is 0 Å². The van der Waals surface area contributed by atoms with Crippen molar-refractivity contribution in [2.75, 3.05) is 39.3 Å². The molecule has 0 bridgehead atoms. The fourth-order valence-corrected chi connectivity index (χ4v) is 3.52. The van der Waals surface area contributed by atoms with E-state index in [2.05, 4.69) is 10.00 Å². The second-order valence-electron chi connectivity index (χ2n) is 6.60. The van der Waals surface area contributed by atoms with E-state index in [0.29, 0.717) is 18.8 Å². The molecule has 0 radical (unpaired) electrons. The first-order valence-corrected chi connectivity index (χ1v) is 8.89. The first kappa shape index (κ1) is 16.3. The molecule has 2 aliphatic rings. The van der Waals surface area contributed by atoms with Gasteiger partial charge in [-0.3, -0.25) is 14.1 Å². The molecule has 0 aliphatic carbocycles. The molecule has 25 heavy (non-hydrogen) atoms. The van der Waals surface area contributed by atoms with Crippen molar-refractivity contribution in [2.24, 2.45) is 0 Å². The van der Waals surface area contributed by atoms with Gasteiger partial charge >= 0.3 is 5.69 Å². The van der Waals surface area contributed by atoms with Crippen LogP contribution in [-0.2, 0) is 16.1 Å². The zero-order valence-corrected chi connectivity index (χ0v) is 14.2. The fraction of sp³-hybridized carbons (Fsp3) is 0.588. The van der Waals surface area contributed by atoms with Crippen molar-refractivity contribution in [1.29, 1.82) is 0 Å². The predicted octanol–water partition coefficient (Wildman–Crippen LogP) is -0.181. The summed E-state index contributed by atoms with van der Waals surface area (Å²) in [5.74, 6) is 0.133. The molecule has 4 heterocycles. The molecule has 2 aliphatic heterocycles. The average molecular weight is 345 g/mol. The fourth-order valence-electron chi connectivity index (χ4n) is 3.52. The molecule has 0 spiro atoms. The van der Waals surface area contributed by atoms with Gasteiger partial charge < -0.3 is 9.64 Å². The van der Waals surface area contributed by atoms with Crippen LogP contribution in [-0.4, -0.2) is 75.3 Å². The lowest BCUT2D eigenvalue weighted by Gasteiger charge is -2.35. The molecule has 2 aromatic rings. The van der Waals surface area contributed by atoms with E-state index in [1.165, 1.54) is 4.68 Å². The molecular weight excluding hydrogens is 322 g/mol. The van der Waals surface area contributed by atoms with Crippen LogP contribution in [0.1, 0.15) is 12.8 Å². The van der Waals surface area contributed by atoms with Gasteiger partial charge in [0.15, 0.2) is 5.65 Å². The van der Waals surface area contributed by atoms with Gasteiger partial charge in [0.1, 0.15) is 6.10 Å². The Balaban J connectivity index is 1.30. The number of rotatable bonds is 4. The van der Waals surface area contributed by atoms with Gasteiger partial charge in [0.05, 0.1) is 6.54 Å².